The van der Waals surface area contributed by atoms with Crippen LogP contribution in [0, 0.1) is 0 Å². The Balaban J connectivity index is 1.36. The van der Waals surface area contributed by atoms with E-state index >= 15 is 0 Å². The Kier molecular flexibility index (Phi) is 6.45. The first-order chi connectivity index (χ1) is 16.8. The van der Waals surface area contributed by atoms with Crippen molar-refractivity contribution in [2.24, 2.45) is 0 Å². The van der Waals surface area contributed by atoms with E-state index in [0.29, 0.717) is 0 Å². The Bertz CT molecular complexity index is 1280. The Morgan fingerprint density at radius 1 is 0.971 bits per heavy atom. The van der Waals surface area contributed by atoms with Crippen molar-refractivity contribution in [3.05, 3.63) is 97.0 Å². The first-order valence-electron chi connectivity index (χ1n) is 11.2. The van der Waals surface area contributed by atoms with E-state index in [2.05, 4.69) is 21.3 Å². The van der Waals surface area contributed by atoms with Crippen LogP contribution in [0.5, 0.6) is 0 Å². The summed E-state index contributed by atoms with van der Waals surface area (Å²) >= 11 is 0. The number of nitrogens with zero attached hydrogens (tertiary/aromatic N) is 4. The van der Waals surface area contributed by atoms with E-state index in [0.717, 1.165) is 60.2 Å². The van der Waals surface area contributed by atoms with Crippen molar-refractivity contribution in [2.45, 2.75) is 0 Å². The van der Waals surface area contributed by atoms with Gasteiger partial charge in [-0.15, -0.1) is 0 Å². The Morgan fingerprint density at radius 3 is 2.59 bits per heavy atom. The number of rotatable bonds is 6. The molecule has 4 aromatic rings. The van der Waals surface area contributed by atoms with Gasteiger partial charge in [-0.1, -0.05) is 24.3 Å². The fourth-order valence-corrected chi connectivity index (χ4v) is 3.90. The second-order valence-corrected chi connectivity index (χ2v) is 7.93. The third-order valence-corrected chi connectivity index (χ3v) is 5.60. The zero-order valence-electron chi connectivity index (χ0n) is 18.7. The molecule has 7 heteroatoms. The molecular weight excluding hydrogens is 426 g/mol. The van der Waals surface area contributed by atoms with Gasteiger partial charge in [0.2, 0.25) is 5.91 Å². The molecule has 0 spiro atoms. The number of pyridine rings is 1. The predicted octanol–water partition coefficient (Wildman–Crippen LogP) is 4.42. The first-order valence-corrected chi connectivity index (χ1v) is 11.2. The van der Waals surface area contributed by atoms with E-state index in [1.807, 2.05) is 71.5 Å². The summed E-state index contributed by atoms with van der Waals surface area (Å²) in [6.07, 6.45) is 8.74. The first kappa shape index (κ1) is 21.6. The van der Waals surface area contributed by atoms with Crippen LogP contribution in [0.2, 0.25) is 0 Å². The lowest BCUT2D eigenvalue weighted by atomic mass is 10.1. The van der Waals surface area contributed by atoms with Crippen LogP contribution < -0.4 is 10.2 Å². The lowest BCUT2D eigenvalue weighted by Gasteiger charge is -2.29. The molecule has 1 aliphatic rings. The molecule has 0 aliphatic carbocycles. The van der Waals surface area contributed by atoms with Crippen LogP contribution in [0.4, 0.5) is 11.4 Å². The summed E-state index contributed by atoms with van der Waals surface area (Å²) in [7, 11) is 0. The van der Waals surface area contributed by atoms with E-state index in [4.69, 9.17) is 9.84 Å². The Morgan fingerprint density at radius 2 is 1.79 bits per heavy atom. The smallest absolute Gasteiger partial charge is 0.248 e. The monoisotopic (exact) mass is 451 g/mol. The second-order valence-electron chi connectivity index (χ2n) is 7.93. The van der Waals surface area contributed by atoms with Gasteiger partial charge in [-0.3, -0.25) is 9.78 Å². The summed E-state index contributed by atoms with van der Waals surface area (Å²) in [4.78, 5) is 19.2. The highest BCUT2D eigenvalue weighted by Crippen LogP contribution is 2.25. The number of hydrogen-bond acceptors (Lipinski definition) is 5. The molecule has 170 valence electrons. The number of benzene rings is 2. The lowest BCUT2D eigenvalue weighted by Crippen LogP contribution is -2.36. The maximum absolute atomic E-state index is 12.7. The number of hydrogen-bond donors (Lipinski definition) is 1. The van der Waals surface area contributed by atoms with Gasteiger partial charge in [0.05, 0.1) is 18.9 Å². The van der Waals surface area contributed by atoms with E-state index in [1.165, 1.54) is 6.08 Å². The average Bonchev–Trinajstić information content (AvgIpc) is 3.34. The molecule has 2 aromatic heterocycles. The predicted molar refractivity (Wildman–Crippen MR) is 134 cm³/mol. The third-order valence-electron chi connectivity index (χ3n) is 5.60. The molecule has 3 heterocycles. The van der Waals surface area contributed by atoms with Crippen molar-refractivity contribution < 1.29 is 9.53 Å². The molecule has 0 saturated carbocycles. The Labute approximate surface area is 198 Å². The van der Waals surface area contributed by atoms with Crippen LogP contribution in [0.3, 0.4) is 0 Å². The number of ether oxygens (including phenoxy) is 1. The number of nitrogens with one attached hydrogen (secondary N) is 1. The van der Waals surface area contributed by atoms with Crippen LogP contribution in [-0.2, 0) is 9.53 Å². The second kappa shape index (κ2) is 10.1. The molecule has 1 fully saturated rings. The fraction of sp³-hybridized carbons (Fsp3) is 0.148. The molecule has 1 saturated heterocycles. The minimum absolute atomic E-state index is 0.205. The molecule has 0 atom stereocenters. The van der Waals surface area contributed by atoms with Gasteiger partial charge < -0.3 is 15.0 Å². The molecule has 0 unspecified atom stereocenters. The molecule has 1 N–H and O–H groups in total. The van der Waals surface area contributed by atoms with Crippen LogP contribution in [-0.4, -0.2) is 47.0 Å². The van der Waals surface area contributed by atoms with Crippen LogP contribution in [0.25, 0.3) is 23.0 Å². The maximum atomic E-state index is 12.7. The van der Waals surface area contributed by atoms with Crippen molar-refractivity contribution in [1.82, 2.24) is 14.8 Å². The normalized spacial score (nSPS) is 13.8. The topological polar surface area (TPSA) is 72.3 Å². The molecule has 1 amide bonds. The minimum Gasteiger partial charge on any atom is -0.378 e. The third kappa shape index (κ3) is 5.05. The molecular formula is C27H25N5O2. The number of carbonyl (C=O) groups is 1. The van der Waals surface area contributed by atoms with Crippen molar-refractivity contribution in [3.63, 3.8) is 0 Å². The molecule has 2 aromatic carbocycles. The molecule has 34 heavy (non-hydrogen) atoms. The zero-order chi connectivity index (χ0) is 23.2. The lowest BCUT2D eigenvalue weighted by molar-refractivity contribution is -0.111. The van der Waals surface area contributed by atoms with Crippen LogP contribution in [0.15, 0.2) is 91.4 Å². The van der Waals surface area contributed by atoms with Crippen molar-refractivity contribution in [1.29, 1.82) is 0 Å². The van der Waals surface area contributed by atoms with E-state index in [1.54, 1.807) is 18.5 Å². The molecule has 0 radical (unpaired) electrons. The molecule has 1 aliphatic heterocycles. The summed E-state index contributed by atoms with van der Waals surface area (Å²) < 4.78 is 7.24. The number of carbonyl (C=O) groups excluding carboxylic acids is 1. The van der Waals surface area contributed by atoms with Gasteiger partial charge in [-0.2, -0.15) is 5.10 Å². The van der Waals surface area contributed by atoms with E-state index in [9.17, 15) is 4.79 Å². The highest BCUT2D eigenvalue weighted by Gasteiger charge is 2.13. The summed E-state index contributed by atoms with van der Waals surface area (Å²) in [5.41, 5.74) is 5.25. The van der Waals surface area contributed by atoms with Gasteiger partial charge in [-0.05, 0) is 48.5 Å². The maximum Gasteiger partial charge on any atom is 0.248 e. The standard InChI is InChI=1S/C27H25N5O2/c33-26(29-23-7-4-10-25(18-23)31-14-16-34-17-15-31)12-11-22-20-32(24-8-2-1-3-9-24)30-27(22)21-6-5-13-28-19-21/h1-13,18-20H,14-17H2,(H,29,33). The van der Waals surface area contributed by atoms with E-state index < -0.39 is 0 Å². The van der Waals surface area contributed by atoms with Gasteiger partial charge in [0.25, 0.3) is 0 Å². The minimum atomic E-state index is -0.205. The number of amides is 1. The highest BCUT2D eigenvalue weighted by atomic mass is 16.5. The number of morpholine rings is 1. The number of anilines is 2. The van der Waals surface area contributed by atoms with Crippen LogP contribution in [0.1, 0.15) is 5.56 Å². The molecule has 5 rings (SSSR count). The number of para-hydroxylation sites is 1. The average molecular weight is 452 g/mol. The SMILES string of the molecule is O=C(C=Cc1cn(-c2ccccc2)nc1-c1cccnc1)Nc1cccc(N2CCOCC2)c1. The van der Waals surface area contributed by atoms with Gasteiger partial charge in [0.1, 0.15) is 5.69 Å². The van der Waals surface area contributed by atoms with Crippen molar-refractivity contribution in [3.8, 4) is 16.9 Å². The highest BCUT2D eigenvalue weighted by molar-refractivity contribution is 6.02. The summed E-state index contributed by atoms with van der Waals surface area (Å²) in [6, 6.07) is 21.6. The zero-order valence-corrected chi connectivity index (χ0v) is 18.7. The van der Waals surface area contributed by atoms with Crippen molar-refractivity contribution >= 4 is 23.4 Å². The molecule has 7 nitrogen and oxygen atoms in total. The van der Waals surface area contributed by atoms with Gasteiger partial charge in [0, 0.05) is 60.3 Å². The van der Waals surface area contributed by atoms with Gasteiger partial charge in [-0.25, -0.2) is 4.68 Å². The van der Waals surface area contributed by atoms with Gasteiger partial charge >= 0.3 is 0 Å². The Hall–Kier alpha value is -4.23. The fourth-order valence-electron chi connectivity index (χ4n) is 3.90. The summed E-state index contributed by atoms with van der Waals surface area (Å²) in [5, 5.41) is 7.72. The quantitative estimate of drug-likeness (QED) is 0.439. The summed E-state index contributed by atoms with van der Waals surface area (Å²) in [6.45, 7) is 3.13. The van der Waals surface area contributed by atoms with E-state index in [-0.39, 0.29) is 5.91 Å². The largest absolute Gasteiger partial charge is 0.378 e. The van der Waals surface area contributed by atoms with Gasteiger partial charge in [0.15, 0.2) is 0 Å². The van der Waals surface area contributed by atoms with Crippen LogP contribution >= 0.6 is 0 Å². The molecule has 0 bridgehead atoms. The number of aromatic nitrogens is 3. The van der Waals surface area contributed by atoms with Crippen molar-refractivity contribution in [2.75, 3.05) is 36.5 Å². The summed E-state index contributed by atoms with van der Waals surface area (Å²) in [5.74, 6) is -0.205.